The third-order valence-electron chi connectivity index (χ3n) is 1.11. The molecule has 0 aliphatic carbocycles. The lowest BCUT2D eigenvalue weighted by Crippen LogP contribution is -2.34. The predicted molar refractivity (Wildman–Crippen MR) is 33.4 cm³/mol. The molecular weight excluding hydrogens is 118 g/mol. The number of rotatable bonds is 1. The van der Waals surface area contributed by atoms with Gasteiger partial charge in [-0.15, -0.1) is 0 Å². The molecule has 0 aromatic carbocycles. The summed E-state index contributed by atoms with van der Waals surface area (Å²) in [6.07, 6.45) is 1.56. The van der Waals surface area contributed by atoms with Crippen LogP contribution in [0, 0.1) is 0 Å². The molecule has 3 nitrogen and oxygen atoms in total. The second kappa shape index (κ2) is 1.92. The zero-order chi connectivity index (χ0) is 6.91. The van der Waals surface area contributed by atoms with Crippen molar-refractivity contribution < 1.29 is 9.47 Å². The highest BCUT2D eigenvalue weighted by molar-refractivity contribution is 5.07. The van der Waals surface area contributed by atoms with Gasteiger partial charge in [-0.25, -0.2) is 0 Å². The Hall–Kier alpha value is -0.700. The van der Waals surface area contributed by atoms with E-state index in [1.807, 2.05) is 13.8 Å². The fourth-order valence-corrected chi connectivity index (χ4v) is 0.579. The van der Waals surface area contributed by atoms with Crippen LogP contribution in [0.25, 0.3) is 0 Å². The van der Waals surface area contributed by atoms with Crippen molar-refractivity contribution in [2.75, 3.05) is 6.79 Å². The Bertz CT molecular complexity index is 134. The van der Waals surface area contributed by atoms with Crippen LogP contribution in [0.4, 0.5) is 0 Å². The molecule has 0 unspecified atom stereocenters. The minimum atomic E-state index is -0.406. The number of ether oxygens (including phenoxy) is 2. The second-order valence-corrected chi connectivity index (χ2v) is 2.63. The van der Waals surface area contributed by atoms with E-state index < -0.39 is 5.54 Å². The fourth-order valence-electron chi connectivity index (χ4n) is 0.579. The summed E-state index contributed by atoms with van der Waals surface area (Å²) in [6.45, 7) is 4.04. The Labute approximate surface area is 54.4 Å². The number of nitrogens with two attached hydrogens (primary N) is 1. The zero-order valence-electron chi connectivity index (χ0n) is 5.68. The van der Waals surface area contributed by atoms with E-state index in [2.05, 4.69) is 0 Å². The summed E-state index contributed by atoms with van der Waals surface area (Å²) in [6, 6.07) is 0. The highest BCUT2D eigenvalue weighted by Gasteiger charge is 2.22. The number of hydrogen-bond acceptors (Lipinski definition) is 3. The summed E-state index contributed by atoms with van der Waals surface area (Å²) < 4.78 is 9.85. The zero-order valence-corrected chi connectivity index (χ0v) is 5.68. The van der Waals surface area contributed by atoms with E-state index in [4.69, 9.17) is 15.2 Å². The first kappa shape index (κ1) is 6.42. The summed E-state index contributed by atoms with van der Waals surface area (Å²) in [7, 11) is 0. The smallest absolute Gasteiger partial charge is 0.229 e. The predicted octanol–water partition coefficient (Wildman–Crippen LogP) is 0.569. The molecule has 1 heterocycles. The average Bonchev–Trinajstić information content (AvgIpc) is 2.08. The van der Waals surface area contributed by atoms with E-state index in [0.717, 1.165) is 0 Å². The van der Waals surface area contributed by atoms with Crippen molar-refractivity contribution in [3.63, 3.8) is 0 Å². The molecule has 9 heavy (non-hydrogen) atoms. The van der Waals surface area contributed by atoms with Crippen LogP contribution >= 0.6 is 0 Å². The van der Waals surface area contributed by atoms with Crippen LogP contribution in [0.5, 0.6) is 0 Å². The number of hydrogen-bond donors (Lipinski definition) is 1. The molecule has 0 saturated carbocycles. The monoisotopic (exact) mass is 129 g/mol. The first-order valence-electron chi connectivity index (χ1n) is 2.84. The summed E-state index contributed by atoms with van der Waals surface area (Å²) in [5.41, 5.74) is 5.26. The van der Waals surface area contributed by atoms with Gasteiger partial charge in [0.05, 0.1) is 5.54 Å². The van der Waals surface area contributed by atoms with Gasteiger partial charge in [-0.05, 0) is 13.8 Å². The molecule has 1 aliphatic heterocycles. The quantitative estimate of drug-likeness (QED) is 0.563. The lowest BCUT2D eigenvalue weighted by atomic mass is 10.1. The molecule has 0 aromatic rings. The molecule has 0 amide bonds. The van der Waals surface area contributed by atoms with Crippen LogP contribution in [-0.4, -0.2) is 12.3 Å². The topological polar surface area (TPSA) is 44.5 Å². The Morgan fingerprint density at radius 2 is 2.33 bits per heavy atom. The molecule has 0 spiro atoms. The fraction of sp³-hybridized carbons (Fsp3) is 0.667. The van der Waals surface area contributed by atoms with Gasteiger partial charge in [-0.3, -0.25) is 0 Å². The Morgan fingerprint density at radius 3 is 2.56 bits per heavy atom. The van der Waals surface area contributed by atoms with Crippen LogP contribution in [0.1, 0.15) is 13.8 Å². The molecule has 0 saturated heterocycles. The normalized spacial score (nSPS) is 18.3. The maximum atomic E-state index is 5.67. The van der Waals surface area contributed by atoms with Crippen molar-refractivity contribution in [2.45, 2.75) is 19.4 Å². The van der Waals surface area contributed by atoms with Gasteiger partial charge in [-0.1, -0.05) is 0 Å². The van der Waals surface area contributed by atoms with E-state index >= 15 is 0 Å². The van der Waals surface area contributed by atoms with Crippen LogP contribution in [0.2, 0.25) is 0 Å². The van der Waals surface area contributed by atoms with Crippen LogP contribution in [0.3, 0.4) is 0 Å². The Balaban J connectivity index is 2.61. The maximum absolute atomic E-state index is 5.67. The van der Waals surface area contributed by atoms with Gasteiger partial charge in [-0.2, -0.15) is 0 Å². The summed E-state index contributed by atoms with van der Waals surface area (Å²) in [4.78, 5) is 0. The molecule has 1 rings (SSSR count). The van der Waals surface area contributed by atoms with E-state index in [1.165, 1.54) is 0 Å². The van der Waals surface area contributed by atoms with E-state index in [-0.39, 0.29) is 0 Å². The van der Waals surface area contributed by atoms with Crippen molar-refractivity contribution in [1.29, 1.82) is 0 Å². The standard InChI is InChI=1S/C6H11NO2/c1-6(2,7)5-3-8-4-9-5/h3H,4,7H2,1-2H3. The van der Waals surface area contributed by atoms with Crippen molar-refractivity contribution in [3.05, 3.63) is 12.0 Å². The summed E-state index contributed by atoms with van der Waals surface area (Å²) in [5.74, 6) is 0.711. The SMILES string of the molecule is CC(C)(N)C1=COCO1. The molecule has 52 valence electrons. The van der Waals surface area contributed by atoms with Gasteiger partial charge >= 0.3 is 0 Å². The van der Waals surface area contributed by atoms with Gasteiger partial charge in [0.15, 0.2) is 5.76 Å². The highest BCUT2D eigenvalue weighted by Crippen LogP contribution is 2.17. The Kier molecular flexibility index (Phi) is 1.37. The minimum absolute atomic E-state index is 0.302. The van der Waals surface area contributed by atoms with Crippen molar-refractivity contribution >= 4 is 0 Å². The lowest BCUT2D eigenvalue weighted by Gasteiger charge is -2.16. The maximum Gasteiger partial charge on any atom is 0.229 e. The first-order chi connectivity index (χ1) is 4.11. The van der Waals surface area contributed by atoms with Crippen molar-refractivity contribution in [3.8, 4) is 0 Å². The van der Waals surface area contributed by atoms with E-state index in [9.17, 15) is 0 Å². The first-order valence-corrected chi connectivity index (χ1v) is 2.84. The van der Waals surface area contributed by atoms with Gasteiger partial charge in [0.2, 0.25) is 6.79 Å². The highest BCUT2D eigenvalue weighted by atomic mass is 16.7. The van der Waals surface area contributed by atoms with Crippen LogP contribution in [-0.2, 0) is 9.47 Å². The van der Waals surface area contributed by atoms with Crippen molar-refractivity contribution in [1.82, 2.24) is 0 Å². The van der Waals surface area contributed by atoms with Crippen LogP contribution < -0.4 is 5.73 Å². The molecule has 0 fully saturated rings. The Morgan fingerprint density at radius 1 is 1.67 bits per heavy atom. The molecular formula is C6H11NO2. The lowest BCUT2D eigenvalue weighted by molar-refractivity contribution is 0.0699. The molecule has 1 aliphatic rings. The summed E-state index contributed by atoms with van der Waals surface area (Å²) in [5, 5.41) is 0. The third kappa shape index (κ3) is 1.36. The van der Waals surface area contributed by atoms with Gasteiger partial charge < -0.3 is 15.2 Å². The van der Waals surface area contributed by atoms with Gasteiger partial charge in [0.1, 0.15) is 6.26 Å². The van der Waals surface area contributed by atoms with Gasteiger partial charge in [0, 0.05) is 0 Å². The van der Waals surface area contributed by atoms with E-state index in [1.54, 1.807) is 6.26 Å². The van der Waals surface area contributed by atoms with E-state index in [0.29, 0.717) is 12.6 Å². The molecule has 3 heteroatoms. The molecule has 2 N–H and O–H groups in total. The minimum Gasteiger partial charge on any atom is -0.462 e. The molecule has 0 atom stereocenters. The third-order valence-corrected chi connectivity index (χ3v) is 1.11. The van der Waals surface area contributed by atoms with Gasteiger partial charge in [0.25, 0.3) is 0 Å². The molecule has 0 bridgehead atoms. The largest absolute Gasteiger partial charge is 0.462 e. The van der Waals surface area contributed by atoms with Crippen LogP contribution in [0.15, 0.2) is 12.0 Å². The molecule has 0 radical (unpaired) electrons. The average molecular weight is 129 g/mol. The molecule has 0 aromatic heterocycles. The summed E-state index contributed by atoms with van der Waals surface area (Å²) >= 11 is 0. The second-order valence-electron chi connectivity index (χ2n) is 2.63. The van der Waals surface area contributed by atoms with Crippen molar-refractivity contribution in [2.24, 2.45) is 5.73 Å².